The minimum absolute atomic E-state index is 0.0125. The van der Waals surface area contributed by atoms with Crippen LogP contribution in [0.1, 0.15) is 22.2 Å². The second-order valence-electron chi connectivity index (χ2n) is 3.70. The van der Waals surface area contributed by atoms with Crippen molar-refractivity contribution in [3.05, 3.63) is 15.8 Å². The van der Waals surface area contributed by atoms with Crippen LogP contribution in [0.3, 0.4) is 0 Å². The summed E-state index contributed by atoms with van der Waals surface area (Å²) in [6.45, 7) is 3.53. The lowest BCUT2D eigenvalue weighted by Crippen LogP contribution is -2.32. The van der Waals surface area contributed by atoms with Crippen LogP contribution in [0, 0.1) is 19.3 Å². The molecule has 0 unspecified atom stereocenters. The maximum absolute atomic E-state index is 12.5. The maximum Gasteiger partial charge on any atom is 0.349 e. The molecule has 0 N–H and O–H groups in total. The standard InChI is InChI=1S/C12H15NO4S2/c1-5-7-13(6-2)19(15,16)11-9(3)8-18-10(11)12(14)17-4/h1,8H,6-7H2,2-4H3. The van der Waals surface area contributed by atoms with E-state index >= 15 is 0 Å². The van der Waals surface area contributed by atoms with E-state index in [0.29, 0.717) is 5.56 Å². The van der Waals surface area contributed by atoms with E-state index in [0.717, 1.165) is 15.6 Å². The van der Waals surface area contributed by atoms with Gasteiger partial charge in [0, 0.05) is 6.54 Å². The molecule has 0 radical (unpaired) electrons. The van der Waals surface area contributed by atoms with Crippen LogP contribution < -0.4 is 0 Å². The Bertz CT molecular complexity index is 610. The van der Waals surface area contributed by atoms with Crippen molar-refractivity contribution in [3.8, 4) is 12.3 Å². The average Bonchev–Trinajstić information content (AvgIpc) is 2.77. The molecule has 0 saturated heterocycles. The Balaban J connectivity index is 3.40. The van der Waals surface area contributed by atoms with E-state index in [2.05, 4.69) is 10.7 Å². The van der Waals surface area contributed by atoms with Gasteiger partial charge in [0.15, 0.2) is 0 Å². The number of methoxy groups -OCH3 is 1. The van der Waals surface area contributed by atoms with Crippen molar-refractivity contribution in [2.45, 2.75) is 18.7 Å². The lowest BCUT2D eigenvalue weighted by atomic mass is 10.3. The van der Waals surface area contributed by atoms with Crippen LogP contribution in [0.5, 0.6) is 0 Å². The van der Waals surface area contributed by atoms with E-state index in [1.807, 2.05) is 0 Å². The van der Waals surface area contributed by atoms with Gasteiger partial charge in [0.1, 0.15) is 9.77 Å². The number of nitrogens with zero attached hydrogens (tertiary/aromatic N) is 1. The molecule has 0 aromatic carbocycles. The maximum atomic E-state index is 12.5. The van der Waals surface area contributed by atoms with Gasteiger partial charge < -0.3 is 4.74 Å². The first-order chi connectivity index (χ1) is 8.89. The molecule has 0 fully saturated rings. The smallest absolute Gasteiger partial charge is 0.349 e. The minimum Gasteiger partial charge on any atom is -0.465 e. The molecule has 0 atom stereocenters. The van der Waals surface area contributed by atoms with E-state index < -0.39 is 16.0 Å². The third-order valence-electron chi connectivity index (χ3n) is 2.51. The summed E-state index contributed by atoms with van der Waals surface area (Å²) in [6.07, 6.45) is 5.17. The molecular formula is C12H15NO4S2. The number of terminal acetylenes is 1. The predicted octanol–water partition coefficient (Wildman–Crippen LogP) is 1.49. The molecule has 0 spiro atoms. The van der Waals surface area contributed by atoms with Gasteiger partial charge in [-0.05, 0) is 17.9 Å². The Morgan fingerprint density at radius 1 is 1.58 bits per heavy atom. The third-order valence-corrected chi connectivity index (χ3v) is 5.82. The van der Waals surface area contributed by atoms with E-state index in [1.165, 1.54) is 7.11 Å². The summed E-state index contributed by atoms with van der Waals surface area (Å²) in [5, 5.41) is 1.61. The molecule has 104 valence electrons. The summed E-state index contributed by atoms with van der Waals surface area (Å²) in [6, 6.07) is 0. The highest BCUT2D eigenvalue weighted by Crippen LogP contribution is 2.29. The first-order valence-corrected chi connectivity index (χ1v) is 7.82. The first kappa shape index (κ1) is 15.7. The van der Waals surface area contributed by atoms with Crippen LogP contribution in [-0.2, 0) is 14.8 Å². The fraction of sp³-hybridized carbons (Fsp3) is 0.417. The van der Waals surface area contributed by atoms with Gasteiger partial charge in [-0.3, -0.25) is 0 Å². The van der Waals surface area contributed by atoms with Crippen LogP contribution >= 0.6 is 11.3 Å². The molecule has 1 aromatic rings. The zero-order chi connectivity index (χ0) is 14.6. The zero-order valence-corrected chi connectivity index (χ0v) is 12.6. The molecule has 5 nitrogen and oxygen atoms in total. The number of sulfonamides is 1. The molecule has 1 aromatic heterocycles. The largest absolute Gasteiger partial charge is 0.465 e. The fourth-order valence-corrected chi connectivity index (χ4v) is 4.61. The summed E-state index contributed by atoms with van der Waals surface area (Å²) < 4.78 is 30.8. The van der Waals surface area contributed by atoms with Gasteiger partial charge in [0.25, 0.3) is 0 Å². The summed E-state index contributed by atoms with van der Waals surface area (Å²) in [7, 11) is -2.57. The Hall–Kier alpha value is -1.36. The van der Waals surface area contributed by atoms with Gasteiger partial charge >= 0.3 is 5.97 Å². The van der Waals surface area contributed by atoms with Crippen LogP contribution in [0.2, 0.25) is 0 Å². The Kier molecular flexibility index (Phi) is 5.11. The third kappa shape index (κ3) is 2.97. The summed E-state index contributed by atoms with van der Waals surface area (Å²) in [5.41, 5.74) is 0.515. The number of carbonyl (C=O) groups is 1. The normalized spacial score (nSPS) is 11.3. The number of hydrogen-bond donors (Lipinski definition) is 0. The van der Waals surface area contributed by atoms with Crippen molar-refractivity contribution in [1.29, 1.82) is 0 Å². The number of aryl methyl sites for hydroxylation is 1. The van der Waals surface area contributed by atoms with Gasteiger partial charge in [0.05, 0.1) is 13.7 Å². The summed E-state index contributed by atoms with van der Waals surface area (Å²) in [4.78, 5) is 11.7. The lowest BCUT2D eigenvalue weighted by Gasteiger charge is -2.18. The number of thiophene rings is 1. The number of ether oxygens (including phenoxy) is 1. The molecule has 0 amide bonds. The Morgan fingerprint density at radius 3 is 2.68 bits per heavy atom. The Labute approximate surface area is 117 Å². The van der Waals surface area contributed by atoms with E-state index in [4.69, 9.17) is 6.42 Å². The predicted molar refractivity (Wildman–Crippen MR) is 73.7 cm³/mol. The van der Waals surface area contributed by atoms with Crippen LogP contribution in [-0.4, -0.2) is 38.9 Å². The SMILES string of the molecule is C#CCN(CC)S(=O)(=O)c1c(C)csc1C(=O)OC. The van der Waals surface area contributed by atoms with Crippen molar-refractivity contribution in [2.75, 3.05) is 20.2 Å². The average molecular weight is 301 g/mol. The monoisotopic (exact) mass is 301 g/mol. The number of rotatable bonds is 5. The quantitative estimate of drug-likeness (QED) is 0.610. The van der Waals surface area contributed by atoms with E-state index in [-0.39, 0.29) is 22.9 Å². The second kappa shape index (κ2) is 6.19. The highest BCUT2D eigenvalue weighted by molar-refractivity contribution is 7.89. The summed E-state index contributed by atoms with van der Waals surface area (Å²) >= 11 is 1.05. The topological polar surface area (TPSA) is 63.7 Å². The number of carbonyl (C=O) groups excluding carboxylic acids is 1. The highest BCUT2D eigenvalue weighted by Gasteiger charge is 2.31. The highest BCUT2D eigenvalue weighted by atomic mass is 32.2. The molecule has 1 rings (SSSR count). The van der Waals surface area contributed by atoms with Gasteiger partial charge in [-0.25, -0.2) is 13.2 Å². The zero-order valence-electron chi connectivity index (χ0n) is 11.0. The van der Waals surface area contributed by atoms with Crippen molar-refractivity contribution >= 4 is 27.3 Å². The van der Waals surface area contributed by atoms with Crippen LogP contribution in [0.15, 0.2) is 10.3 Å². The molecule has 1 heterocycles. The molecule has 0 bridgehead atoms. The van der Waals surface area contributed by atoms with E-state index in [1.54, 1.807) is 19.2 Å². The fourth-order valence-electron chi connectivity index (χ4n) is 1.59. The number of hydrogen-bond acceptors (Lipinski definition) is 5. The second-order valence-corrected chi connectivity index (χ2v) is 6.46. The van der Waals surface area contributed by atoms with Crippen molar-refractivity contribution < 1.29 is 17.9 Å². The molecular weight excluding hydrogens is 286 g/mol. The van der Waals surface area contributed by atoms with Crippen LogP contribution in [0.4, 0.5) is 0 Å². The first-order valence-electron chi connectivity index (χ1n) is 5.50. The summed E-state index contributed by atoms with van der Waals surface area (Å²) in [5.74, 6) is 1.64. The van der Waals surface area contributed by atoms with Gasteiger partial charge in [-0.2, -0.15) is 4.31 Å². The van der Waals surface area contributed by atoms with Gasteiger partial charge in [-0.15, -0.1) is 17.8 Å². The van der Waals surface area contributed by atoms with Crippen molar-refractivity contribution in [2.24, 2.45) is 0 Å². The lowest BCUT2D eigenvalue weighted by molar-refractivity contribution is 0.0602. The van der Waals surface area contributed by atoms with Crippen LogP contribution in [0.25, 0.3) is 0 Å². The molecule has 0 aliphatic heterocycles. The molecule has 7 heteroatoms. The molecule has 0 aliphatic rings. The minimum atomic E-state index is -3.79. The molecule has 0 aliphatic carbocycles. The molecule has 0 saturated carbocycles. The van der Waals surface area contributed by atoms with Crippen molar-refractivity contribution in [3.63, 3.8) is 0 Å². The van der Waals surface area contributed by atoms with E-state index in [9.17, 15) is 13.2 Å². The Morgan fingerprint density at radius 2 is 2.21 bits per heavy atom. The van der Waals surface area contributed by atoms with Gasteiger partial charge in [-0.1, -0.05) is 12.8 Å². The number of esters is 1. The van der Waals surface area contributed by atoms with Crippen molar-refractivity contribution in [1.82, 2.24) is 4.31 Å². The van der Waals surface area contributed by atoms with Gasteiger partial charge in [0.2, 0.25) is 10.0 Å². The molecule has 19 heavy (non-hydrogen) atoms.